The maximum absolute atomic E-state index is 12.5. The van der Waals surface area contributed by atoms with Gasteiger partial charge in [-0.3, -0.25) is 9.59 Å². The number of ether oxygens (including phenoxy) is 1. The van der Waals surface area contributed by atoms with Crippen LogP contribution in [0.2, 0.25) is 0 Å². The zero-order valence-electron chi connectivity index (χ0n) is 18.1. The van der Waals surface area contributed by atoms with E-state index in [2.05, 4.69) is 36.9 Å². The van der Waals surface area contributed by atoms with Gasteiger partial charge in [0, 0.05) is 31.9 Å². The number of rotatable bonds is 5. The number of nitrogens with zero attached hydrogens (tertiary/aromatic N) is 2. The lowest BCUT2D eigenvalue weighted by atomic mass is 10.1. The number of hydrogen-bond donors (Lipinski definition) is 0. The van der Waals surface area contributed by atoms with Gasteiger partial charge in [0.15, 0.2) is 6.61 Å². The summed E-state index contributed by atoms with van der Waals surface area (Å²) < 4.78 is 5.28. The van der Waals surface area contributed by atoms with Crippen LogP contribution in [-0.2, 0) is 20.7 Å². The molecule has 3 aromatic carbocycles. The van der Waals surface area contributed by atoms with Gasteiger partial charge in [-0.1, -0.05) is 54.6 Å². The number of carbonyl (C=O) groups is 2. The van der Waals surface area contributed by atoms with Crippen molar-refractivity contribution in [3.05, 3.63) is 77.4 Å². The van der Waals surface area contributed by atoms with Crippen molar-refractivity contribution in [2.75, 3.05) is 37.7 Å². The molecule has 0 saturated carbocycles. The molecular weight excluding hydrogens is 388 g/mol. The highest BCUT2D eigenvalue weighted by Crippen LogP contribution is 2.24. The number of esters is 1. The van der Waals surface area contributed by atoms with Gasteiger partial charge in [0.2, 0.25) is 0 Å². The molecule has 0 radical (unpaired) electrons. The van der Waals surface area contributed by atoms with E-state index in [1.165, 1.54) is 16.8 Å². The van der Waals surface area contributed by atoms with E-state index in [9.17, 15) is 9.59 Å². The van der Waals surface area contributed by atoms with Gasteiger partial charge in [-0.05, 0) is 47.4 Å². The Bertz CT molecular complexity index is 1100. The Morgan fingerprint density at radius 1 is 0.871 bits per heavy atom. The zero-order chi connectivity index (χ0) is 21.8. The van der Waals surface area contributed by atoms with E-state index < -0.39 is 0 Å². The first-order chi connectivity index (χ1) is 15.0. The third-order valence-electron chi connectivity index (χ3n) is 6.07. The van der Waals surface area contributed by atoms with Crippen LogP contribution in [-0.4, -0.2) is 49.6 Å². The van der Waals surface area contributed by atoms with Crippen molar-refractivity contribution in [1.82, 2.24) is 4.90 Å². The van der Waals surface area contributed by atoms with Gasteiger partial charge in [0.25, 0.3) is 5.91 Å². The van der Waals surface area contributed by atoms with Crippen LogP contribution < -0.4 is 4.90 Å². The fraction of sp³-hybridized carbons (Fsp3) is 0.308. The summed E-state index contributed by atoms with van der Waals surface area (Å²) in [6.45, 7) is 6.88. The van der Waals surface area contributed by atoms with Gasteiger partial charge in [-0.25, -0.2) is 0 Å². The van der Waals surface area contributed by atoms with Gasteiger partial charge < -0.3 is 14.5 Å². The zero-order valence-corrected chi connectivity index (χ0v) is 18.1. The summed E-state index contributed by atoms with van der Waals surface area (Å²) >= 11 is 0. The highest BCUT2D eigenvalue weighted by atomic mass is 16.5. The summed E-state index contributed by atoms with van der Waals surface area (Å²) in [5.41, 5.74) is 4.67. The van der Waals surface area contributed by atoms with Crippen LogP contribution in [0, 0.1) is 13.8 Å². The van der Waals surface area contributed by atoms with Crippen LogP contribution in [0.25, 0.3) is 10.8 Å². The molecule has 0 spiro atoms. The van der Waals surface area contributed by atoms with E-state index in [4.69, 9.17) is 4.74 Å². The quantitative estimate of drug-likeness (QED) is 0.592. The summed E-state index contributed by atoms with van der Waals surface area (Å²) in [6.07, 6.45) is 0.165. The Balaban J connectivity index is 1.26. The Hall–Kier alpha value is -3.34. The lowest BCUT2D eigenvalue weighted by Crippen LogP contribution is -2.50. The molecule has 1 aliphatic rings. The molecule has 31 heavy (non-hydrogen) atoms. The summed E-state index contributed by atoms with van der Waals surface area (Å²) in [7, 11) is 0. The fourth-order valence-electron chi connectivity index (χ4n) is 4.07. The average molecular weight is 417 g/mol. The molecule has 3 aromatic rings. The third kappa shape index (κ3) is 4.88. The number of anilines is 1. The molecule has 0 unspecified atom stereocenters. The predicted molar refractivity (Wildman–Crippen MR) is 123 cm³/mol. The number of hydrogen-bond acceptors (Lipinski definition) is 4. The molecule has 1 amide bonds. The highest BCUT2D eigenvalue weighted by Gasteiger charge is 2.23. The van der Waals surface area contributed by atoms with Crippen LogP contribution >= 0.6 is 0 Å². The molecule has 160 valence electrons. The molecule has 4 rings (SSSR count). The van der Waals surface area contributed by atoms with Crippen LogP contribution in [0.4, 0.5) is 5.69 Å². The Morgan fingerprint density at radius 2 is 1.61 bits per heavy atom. The van der Waals surface area contributed by atoms with Crippen molar-refractivity contribution in [1.29, 1.82) is 0 Å². The molecule has 0 aromatic heterocycles. The number of benzene rings is 3. The lowest BCUT2D eigenvalue weighted by molar-refractivity contribution is -0.151. The maximum atomic E-state index is 12.5. The second-order valence-electron chi connectivity index (χ2n) is 8.11. The summed E-state index contributed by atoms with van der Waals surface area (Å²) in [5.74, 6) is -0.509. The van der Waals surface area contributed by atoms with Crippen LogP contribution in [0.3, 0.4) is 0 Å². The second kappa shape index (κ2) is 9.21. The minimum atomic E-state index is -0.377. The highest BCUT2D eigenvalue weighted by molar-refractivity contribution is 5.85. The van der Waals surface area contributed by atoms with Gasteiger partial charge >= 0.3 is 5.97 Å². The van der Waals surface area contributed by atoms with E-state index in [0.29, 0.717) is 13.1 Å². The van der Waals surface area contributed by atoms with Gasteiger partial charge in [0.05, 0.1) is 6.42 Å². The van der Waals surface area contributed by atoms with Gasteiger partial charge in [0.1, 0.15) is 0 Å². The van der Waals surface area contributed by atoms with E-state index in [0.717, 1.165) is 29.4 Å². The number of piperazine rings is 1. The number of aryl methyl sites for hydroxylation is 1. The Labute approximate surface area is 183 Å². The number of carbonyl (C=O) groups excluding carboxylic acids is 2. The molecule has 0 aliphatic carbocycles. The van der Waals surface area contributed by atoms with E-state index in [1.54, 1.807) is 4.90 Å². The maximum Gasteiger partial charge on any atom is 0.310 e. The molecule has 1 heterocycles. The molecule has 0 N–H and O–H groups in total. The topological polar surface area (TPSA) is 49.9 Å². The monoisotopic (exact) mass is 416 g/mol. The summed E-state index contributed by atoms with van der Waals surface area (Å²) in [5, 5.41) is 2.22. The molecular formula is C26H28N2O3. The average Bonchev–Trinajstić information content (AvgIpc) is 2.79. The van der Waals surface area contributed by atoms with E-state index >= 15 is 0 Å². The van der Waals surface area contributed by atoms with E-state index in [1.807, 2.05) is 42.5 Å². The number of fused-ring (bicyclic) bond motifs is 1. The molecule has 1 fully saturated rings. The molecule has 5 nitrogen and oxygen atoms in total. The van der Waals surface area contributed by atoms with Crippen molar-refractivity contribution in [2.45, 2.75) is 20.3 Å². The lowest BCUT2D eigenvalue weighted by Gasteiger charge is -2.37. The fourth-order valence-corrected chi connectivity index (χ4v) is 4.07. The Morgan fingerprint density at radius 3 is 2.39 bits per heavy atom. The van der Waals surface area contributed by atoms with Crippen molar-refractivity contribution < 1.29 is 14.3 Å². The normalized spacial score (nSPS) is 14.0. The van der Waals surface area contributed by atoms with Crippen molar-refractivity contribution >= 4 is 28.3 Å². The first-order valence-electron chi connectivity index (χ1n) is 10.7. The molecule has 1 aliphatic heterocycles. The summed E-state index contributed by atoms with van der Waals surface area (Å²) in [6, 6.07) is 20.3. The predicted octanol–water partition coefficient (Wildman–Crippen LogP) is 3.89. The number of amides is 1. The van der Waals surface area contributed by atoms with Crippen LogP contribution in [0.15, 0.2) is 60.7 Å². The molecule has 0 atom stereocenters. The summed E-state index contributed by atoms with van der Waals surface area (Å²) in [4.78, 5) is 28.9. The van der Waals surface area contributed by atoms with Gasteiger partial charge in [-0.2, -0.15) is 0 Å². The smallest absolute Gasteiger partial charge is 0.310 e. The minimum absolute atomic E-state index is 0.132. The third-order valence-corrected chi connectivity index (χ3v) is 6.07. The van der Waals surface area contributed by atoms with Crippen molar-refractivity contribution in [2.24, 2.45) is 0 Å². The first-order valence-corrected chi connectivity index (χ1v) is 10.7. The SMILES string of the molecule is Cc1cccc(N2CCN(C(=O)COC(=O)Cc3ccc4ccccc4c3)CC2)c1C. The van der Waals surface area contributed by atoms with Crippen LogP contribution in [0.5, 0.6) is 0 Å². The largest absolute Gasteiger partial charge is 0.455 e. The van der Waals surface area contributed by atoms with E-state index in [-0.39, 0.29) is 24.9 Å². The molecule has 5 heteroatoms. The van der Waals surface area contributed by atoms with Gasteiger partial charge in [-0.15, -0.1) is 0 Å². The first kappa shape index (κ1) is 20.9. The standard InChI is InChI=1S/C26H28N2O3/c1-19-6-5-9-24(20(19)2)27-12-14-28(15-13-27)25(29)18-31-26(30)17-21-10-11-22-7-3-4-8-23(22)16-21/h3-11,16H,12-15,17-18H2,1-2H3. The van der Waals surface area contributed by atoms with Crippen molar-refractivity contribution in [3.8, 4) is 0 Å². The van der Waals surface area contributed by atoms with Crippen molar-refractivity contribution in [3.63, 3.8) is 0 Å². The minimum Gasteiger partial charge on any atom is -0.455 e. The Kier molecular flexibility index (Phi) is 6.21. The molecule has 0 bridgehead atoms. The second-order valence-corrected chi connectivity index (χ2v) is 8.11. The van der Waals surface area contributed by atoms with Crippen LogP contribution in [0.1, 0.15) is 16.7 Å². The molecule has 1 saturated heterocycles.